The van der Waals surface area contributed by atoms with Gasteiger partial charge in [0.1, 0.15) is 0 Å². The van der Waals surface area contributed by atoms with Crippen LogP contribution >= 0.6 is 0 Å². The Bertz CT molecular complexity index is 1120. The first-order chi connectivity index (χ1) is 13.9. The second-order valence-electron chi connectivity index (χ2n) is 7.82. The Balaban J connectivity index is 1.52. The number of aryl methyl sites for hydroxylation is 1. The number of aromatic amines is 1. The molecular weight excluding hydrogens is 384 g/mol. The van der Waals surface area contributed by atoms with Gasteiger partial charge in [0.05, 0.1) is 4.90 Å². The number of sulfone groups is 1. The van der Waals surface area contributed by atoms with Gasteiger partial charge >= 0.3 is 0 Å². The van der Waals surface area contributed by atoms with Crippen LogP contribution in [-0.2, 0) is 16.3 Å². The summed E-state index contributed by atoms with van der Waals surface area (Å²) in [6, 6.07) is 15.4. The largest absolute Gasteiger partial charge is 0.358 e. The van der Waals surface area contributed by atoms with E-state index in [-0.39, 0.29) is 10.8 Å². The van der Waals surface area contributed by atoms with Crippen LogP contribution in [0.1, 0.15) is 47.3 Å². The zero-order chi connectivity index (χ0) is 20.6. The topological polar surface area (TPSA) is 70.2 Å². The summed E-state index contributed by atoms with van der Waals surface area (Å²) in [5.41, 5.74) is 3.78. The number of para-hydroxylation sites is 1. The smallest absolute Gasteiger partial charge is 0.254 e. The third kappa shape index (κ3) is 3.94. The van der Waals surface area contributed by atoms with Gasteiger partial charge in [0.2, 0.25) is 0 Å². The highest BCUT2D eigenvalue weighted by molar-refractivity contribution is 7.90. The first kappa shape index (κ1) is 19.7. The first-order valence-electron chi connectivity index (χ1n) is 10.1. The molecule has 29 heavy (non-hydrogen) atoms. The first-order valence-corrected chi connectivity index (χ1v) is 12.0. The van der Waals surface area contributed by atoms with E-state index >= 15 is 0 Å². The molecule has 1 amide bonds. The van der Waals surface area contributed by atoms with Crippen molar-refractivity contribution in [3.8, 4) is 0 Å². The number of nitrogens with zero attached hydrogens (tertiary/aromatic N) is 1. The van der Waals surface area contributed by atoms with Gasteiger partial charge in [0.25, 0.3) is 5.91 Å². The second kappa shape index (κ2) is 7.67. The van der Waals surface area contributed by atoms with E-state index < -0.39 is 9.84 Å². The molecule has 1 fully saturated rings. The Morgan fingerprint density at radius 3 is 2.48 bits per heavy atom. The van der Waals surface area contributed by atoms with Gasteiger partial charge in [0.15, 0.2) is 9.84 Å². The lowest BCUT2D eigenvalue weighted by Crippen LogP contribution is -2.38. The van der Waals surface area contributed by atoms with Crippen molar-refractivity contribution in [1.29, 1.82) is 0 Å². The summed E-state index contributed by atoms with van der Waals surface area (Å²) in [6.45, 7) is 3.32. The summed E-state index contributed by atoms with van der Waals surface area (Å²) >= 11 is 0. The number of carbonyl (C=O) groups excluding carboxylic acids is 1. The molecule has 1 aromatic heterocycles. The number of amides is 1. The Labute approximate surface area is 171 Å². The van der Waals surface area contributed by atoms with Crippen molar-refractivity contribution in [2.45, 2.75) is 37.0 Å². The number of nitrogens with one attached hydrogen (secondary N) is 1. The number of benzene rings is 2. The summed E-state index contributed by atoms with van der Waals surface area (Å²) in [4.78, 5) is 18.7. The third-order valence-electron chi connectivity index (χ3n) is 5.89. The minimum absolute atomic E-state index is 0.0672. The fourth-order valence-electron chi connectivity index (χ4n) is 4.17. The van der Waals surface area contributed by atoms with Crippen molar-refractivity contribution >= 4 is 26.6 Å². The van der Waals surface area contributed by atoms with Crippen molar-refractivity contribution in [1.82, 2.24) is 9.88 Å². The maximum Gasteiger partial charge on any atom is 0.254 e. The monoisotopic (exact) mass is 410 g/mol. The van der Waals surface area contributed by atoms with Crippen molar-refractivity contribution in [2.75, 3.05) is 19.3 Å². The average molecular weight is 411 g/mol. The molecule has 1 saturated heterocycles. The molecule has 0 saturated carbocycles. The lowest BCUT2D eigenvalue weighted by atomic mass is 9.92. The molecule has 2 aromatic carbocycles. The van der Waals surface area contributed by atoms with Crippen LogP contribution in [0, 0.1) is 0 Å². The Morgan fingerprint density at radius 1 is 1.10 bits per heavy atom. The van der Waals surface area contributed by atoms with Gasteiger partial charge < -0.3 is 9.88 Å². The number of piperidine rings is 1. The molecular formula is C23H26N2O3S. The lowest BCUT2D eigenvalue weighted by molar-refractivity contribution is 0.0711. The van der Waals surface area contributed by atoms with Gasteiger partial charge in [-0.1, -0.05) is 31.2 Å². The Hall–Kier alpha value is -2.60. The van der Waals surface area contributed by atoms with Crippen molar-refractivity contribution in [3.63, 3.8) is 0 Å². The second-order valence-corrected chi connectivity index (χ2v) is 9.84. The van der Waals surface area contributed by atoms with Crippen molar-refractivity contribution in [3.05, 3.63) is 65.4 Å². The van der Waals surface area contributed by atoms with Crippen molar-refractivity contribution < 1.29 is 13.2 Å². The normalized spacial score (nSPS) is 15.7. The molecule has 5 nitrogen and oxygen atoms in total. The molecule has 1 aliphatic heterocycles. The lowest BCUT2D eigenvalue weighted by Gasteiger charge is -2.32. The average Bonchev–Trinajstić information content (AvgIpc) is 3.16. The number of H-pyrrole nitrogens is 1. The van der Waals surface area contributed by atoms with E-state index in [0.29, 0.717) is 31.0 Å². The van der Waals surface area contributed by atoms with Crippen LogP contribution in [0.4, 0.5) is 0 Å². The molecule has 0 unspecified atom stereocenters. The number of rotatable bonds is 4. The molecule has 6 heteroatoms. The predicted molar refractivity (Wildman–Crippen MR) is 115 cm³/mol. The molecule has 1 aliphatic rings. The number of fused-ring (bicyclic) bond motifs is 1. The Kier molecular flexibility index (Phi) is 5.21. The van der Waals surface area contributed by atoms with Gasteiger partial charge in [-0.25, -0.2) is 8.42 Å². The standard InChI is InChI=1S/C23H26N2O3S/c1-3-16-8-9-19(29(2,27)28)15-20(16)23(26)25-12-10-17(11-13-25)22-14-18-6-4-5-7-21(18)24-22/h4-9,14-15,17,24H,3,10-13H2,1-2H3. The maximum absolute atomic E-state index is 13.2. The molecule has 1 N–H and O–H groups in total. The highest BCUT2D eigenvalue weighted by Crippen LogP contribution is 2.31. The van der Waals surface area contributed by atoms with E-state index in [1.165, 1.54) is 17.3 Å². The zero-order valence-electron chi connectivity index (χ0n) is 16.8. The number of carbonyl (C=O) groups is 1. The molecule has 0 spiro atoms. The Morgan fingerprint density at radius 2 is 1.83 bits per heavy atom. The van der Waals surface area contributed by atoms with E-state index in [2.05, 4.69) is 23.2 Å². The summed E-state index contributed by atoms with van der Waals surface area (Å²) < 4.78 is 23.9. The summed E-state index contributed by atoms with van der Waals surface area (Å²) in [5.74, 6) is 0.335. The summed E-state index contributed by atoms with van der Waals surface area (Å²) in [7, 11) is -3.35. The van der Waals surface area contributed by atoms with Crippen LogP contribution in [-0.4, -0.2) is 43.6 Å². The van der Waals surface area contributed by atoms with Crippen LogP contribution in [0.3, 0.4) is 0 Å². The molecule has 0 aliphatic carbocycles. The van der Waals surface area contributed by atoms with E-state index in [1.54, 1.807) is 18.2 Å². The van der Waals surface area contributed by atoms with Gasteiger partial charge in [-0.05, 0) is 54.5 Å². The van der Waals surface area contributed by atoms with Crippen LogP contribution in [0.2, 0.25) is 0 Å². The van der Waals surface area contributed by atoms with Crippen LogP contribution in [0.5, 0.6) is 0 Å². The molecule has 3 aromatic rings. The van der Waals surface area contributed by atoms with Crippen molar-refractivity contribution in [2.24, 2.45) is 0 Å². The minimum Gasteiger partial charge on any atom is -0.358 e. The molecule has 0 bridgehead atoms. The number of hydrogen-bond acceptors (Lipinski definition) is 3. The number of likely N-dealkylation sites (tertiary alicyclic amines) is 1. The SMILES string of the molecule is CCc1ccc(S(C)(=O)=O)cc1C(=O)N1CCC(c2cc3ccccc3[nH]2)CC1. The van der Waals surface area contributed by atoms with E-state index in [1.807, 2.05) is 24.0 Å². The highest BCUT2D eigenvalue weighted by atomic mass is 32.2. The van der Waals surface area contributed by atoms with Gasteiger partial charge in [-0.2, -0.15) is 0 Å². The van der Waals surface area contributed by atoms with E-state index in [9.17, 15) is 13.2 Å². The number of hydrogen-bond donors (Lipinski definition) is 1. The fraction of sp³-hybridized carbons (Fsp3) is 0.348. The highest BCUT2D eigenvalue weighted by Gasteiger charge is 2.27. The fourth-order valence-corrected chi connectivity index (χ4v) is 4.82. The molecule has 0 radical (unpaired) electrons. The maximum atomic E-state index is 13.2. The third-order valence-corrected chi connectivity index (χ3v) is 7.00. The minimum atomic E-state index is -3.35. The summed E-state index contributed by atoms with van der Waals surface area (Å²) in [6.07, 6.45) is 3.66. The molecule has 4 rings (SSSR count). The van der Waals surface area contributed by atoms with Gasteiger partial charge in [-0.15, -0.1) is 0 Å². The van der Waals surface area contributed by atoms with Gasteiger partial charge in [-0.3, -0.25) is 4.79 Å². The molecule has 0 atom stereocenters. The summed E-state index contributed by atoms with van der Waals surface area (Å²) in [5, 5.41) is 1.21. The van der Waals surface area contributed by atoms with Crippen LogP contribution in [0.25, 0.3) is 10.9 Å². The zero-order valence-corrected chi connectivity index (χ0v) is 17.6. The van der Waals surface area contributed by atoms with E-state index in [4.69, 9.17) is 0 Å². The van der Waals surface area contributed by atoms with Crippen LogP contribution < -0.4 is 0 Å². The predicted octanol–water partition coefficient (Wildman–Crippen LogP) is 4.15. The van der Waals surface area contributed by atoms with Gasteiger partial charge in [0, 0.05) is 42.0 Å². The van der Waals surface area contributed by atoms with Crippen LogP contribution in [0.15, 0.2) is 53.4 Å². The molecule has 152 valence electrons. The molecule has 2 heterocycles. The number of aromatic nitrogens is 1. The quantitative estimate of drug-likeness (QED) is 0.702. The van der Waals surface area contributed by atoms with E-state index in [0.717, 1.165) is 23.9 Å².